The predicted octanol–water partition coefficient (Wildman–Crippen LogP) is 2.69. The first kappa shape index (κ1) is 21.0. The number of amides is 1. The largest absolute Gasteiger partial charge is 0.378 e. The van der Waals surface area contributed by atoms with Gasteiger partial charge in [0.15, 0.2) is 0 Å². The van der Waals surface area contributed by atoms with Gasteiger partial charge in [-0.05, 0) is 48.7 Å². The number of benzene rings is 2. The highest BCUT2D eigenvalue weighted by atomic mass is 32.2. The molecule has 154 valence electrons. The Balaban J connectivity index is 1.67. The van der Waals surface area contributed by atoms with Gasteiger partial charge in [-0.15, -0.1) is 0 Å². The zero-order valence-corrected chi connectivity index (χ0v) is 17.5. The van der Waals surface area contributed by atoms with Crippen LogP contribution in [0.25, 0.3) is 0 Å². The molecule has 0 unspecified atom stereocenters. The number of carbonyl (C=O) groups is 1. The predicted molar refractivity (Wildman–Crippen MR) is 115 cm³/mol. The van der Waals surface area contributed by atoms with Crippen molar-refractivity contribution in [3.05, 3.63) is 59.7 Å². The lowest BCUT2D eigenvalue weighted by Gasteiger charge is -2.25. The van der Waals surface area contributed by atoms with Crippen molar-refractivity contribution in [1.82, 2.24) is 9.73 Å². The van der Waals surface area contributed by atoms with E-state index >= 15 is 0 Å². The fourth-order valence-corrected chi connectivity index (χ4v) is 4.70. The number of anilines is 1. The van der Waals surface area contributed by atoms with Crippen molar-refractivity contribution in [1.29, 1.82) is 0 Å². The molecule has 1 amide bonds. The molecule has 3 rings (SSSR count). The minimum atomic E-state index is -3.58. The van der Waals surface area contributed by atoms with Crippen LogP contribution in [-0.2, 0) is 10.0 Å². The summed E-state index contributed by atoms with van der Waals surface area (Å²) in [6, 6.07) is 13.8. The average Bonchev–Trinajstić information content (AvgIpc) is 2.74. The molecule has 0 atom stereocenters. The van der Waals surface area contributed by atoms with Crippen LogP contribution in [0.1, 0.15) is 35.2 Å². The van der Waals surface area contributed by atoms with Crippen molar-refractivity contribution < 1.29 is 13.2 Å². The van der Waals surface area contributed by atoms with Crippen molar-refractivity contribution in [2.45, 2.75) is 24.2 Å². The molecule has 1 aliphatic heterocycles. The molecule has 0 bridgehead atoms. The zero-order valence-electron chi connectivity index (χ0n) is 16.7. The Morgan fingerprint density at radius 3 is 2.41 bits per heavy atom. The van der Waals surface area contributed by atoms with Gasteiger partial charge in [0.05, 0.1) is 11.1 Å². The van der Waals surface area contributed by atoms with Gasteiger partial charge in [-0.2, -0.15) is 9.41 Å². The molecule has 0 aliphatic carbocycles. The van der Waals surface area contributed by atoms with Crippen LogP contribution in [0.4, 0.5) is 5.69 Å². The molecule has 0 saturated carbocycles. The molecule has 2 aromatic rings. The van der Waals surface area contributed by atoms with Crippen LogP contribution < -0.4 is 10.3 Å². The molecule has 1 fully saturated rings. The van der Waals surface area contributed by atoms with Crippen molar-refractivity contribution in [2.75, 3.05) is 32.1 Å². The lowest BCUT2D eigenvalue weighted by atomic mass is 10.2. The van der Waals surface area contributed by atoms with Crippen LogP contribution in [-0.4, -0.2) is 52.0 Å². The molecule has 8 heteroatoms. The summed E-state index contributed by atoms with van der Waals surface area (Å²) in [6.45, 7) is 1.05. The normalized spacial score (nSPS) is 15.4. The molecule has 29 heavy (non-hydrogen) atoms. The highest BCUT2D eigenvalue weighted by Crippen LogP contribution is 2.21. The lowest BCUT2D eigenvalue weighted by Crippen LogP contribution is -2.35. The summed E-state index contributed by atoms with van der Waals surface area (Å²) in [7, 11) is 0.341. The van der Waals surface area contributed by atoms with Gasteiger partial charge in [-0.25, -0.2) is 13.8 Å². The third kappa shape index (κ3) is 5.21. The quantitative estimate of drug-likeness (QED) is 0.582. The van der Waals surface area contributed by atoms with Crippen LogP contribution in [0.2, 0.25) is 0 Å². The Morgan fingerprint density at radius 2 is 1.76 bits per heavy atom. The van der Waals surface area contributed by atoms with E-state index in [1.54, 1.807) is 18.3 Å². The van der Waals surface area contributed by atoms with E-state index in [2.05, 4.69) is 10.5 Å². The van der Waals surface area contributed by atoms with Gasteiger partial charge in [-0.3, -0.25) is 4.79 Å². The summed E-state index contributed by atoms with van der Waals surface area (Å²) in [5.41, 5.74) is 4.62. The second kappa shape index (κ2) is 9.19. The van der Waals surface area contributed by atoms with Gasteiger partial charge < -0.3 is 4.90 Å². The molecular formula is C21H26N4O3S. The number of hydrogen-bond acceptors (Lipinski definition) is 5. The molecule has 0 spiro atoms. The number of carbonyl (C=O) groups excluding carboxylic acids is 1. The molecule has 2 aromatic carbocycles. The molecule has 7 nitrogen and oxygen atoms in total. The van der Waals surface area contributed by atoms with E-state index < -0.39 is 15.9 Å². The minimum absolute atomic E-state index is 0.135. The smallest absolute Gasteiger partial charge is 0.271 e. The molecule has 1 saturated heterocycles. The maximum absolute atomic E-state index is 12.8. The highest BCUT2D eigenvalue weighted by Gasteiger charge is 2.26. The average molecular weight is 415 g/mol. The van der Waals surface area contributed by atoms with E-state index in [1.165, 1.54) is 16.4 Å². The number of rotatable bonds is 6. The van der Waals surface area contributed by atoms with Crippen molar-refractivity contribution >= 4 is 27.8 Å². The van der Waals surface area contributed by atoms with Crippen molar-refractivity contribution in [3.8, 4) is 0 Å². The number of hydrogen-bond donors (Lipinski definition) is 1. The van der Waals surface area contributed by atoms with Crippen LogP contribution in [0.5, 0.6) is 0 Å². The third-order valence-corrected chi connectivity index (χ3v) is 6.73. The first-order chi connectivity index (χ1) is 13.9. The molecule has 0 radical (unpaired) electrons. The molecule has 1 aliphatic rings. The molecular weight excluding hydrogens is 388 g/mol. The zero-order chi connectivity index (χ0) is 20.9. The summed E-state index contributed by atoms with van der Waals surface area (Å²) < 4.78 is 27.1. The van der Waals surface area contributed by atoms with E-state index in [4.69, 9.17) is 0 Å². The van der Waals surface area contributed by atoms with Gasteiger partial charge in [0.1, 0.15) is 0 Å². The lowest BCUT2D eigenvalue weighted by molar-refractivity contribution is 0.0955. The Hall–Kier alpha value is -2.71. The molecule has 1 N–H and O–H groups in total. The van der Waals surface area contributed by atoms with Gasteiger partial charge in [0, 0.05) is 38.4 Å². The van der Waals surface area contributed by atoms with Crippen LogP contribution in [0.3, 0.4) is 0 Å². The van der Waals surface area contributed by atoms with Gasteiger partial charge in [-0.1, -0.05) is 24.6 Å². The molecule has 0 aromatic heterocycles. The second-order valence-electron chi connectivity index (χ2n) is 7.18. The third-order valence-electron chi connectivity index (χ3n) is 4.84. The maximum Gasteiger partial charge on any atom is 0.271 e. The summed E-state index contributed by atoms with van der Waals surface area (Å²) in [4.78, 5) is 14.5. The van der Waals surface area contributed by atoms with Gasteiger partial charge >= 0.3 is 0 Å². The maximum atomic E-state index is 12.8. The fraction of sp³-hybridized carbons (Fsp3) is 0.333. The Bertz CT molecular complexity index is 979. The summed E-state index contributed by atoms with van der Waals surface area (Å²) >= 11 is 0. The monoisotopic (exact) mass is 414 g/mol. The van der Waals surface area contributed by atoms with Gasteiger partial charge in [0.25, 0.3) is 5.91 Å². The number of nitrogens with zero attached hydrogens (tertiary/aromatic N) is 3. The topological polar surface area (TPSA) is 82.1 Å². The first-order valence-electron chi connectivity index (χ1n) is 9.59. The SMILES string of the molecule is CN(C)c1ccc(C=NNC(=O)c2cccc(S(=O)(=O)N3CCCCC3)c2)cc1. The standard InChI is InChI=1S/C21H26N4O3S/c1-24(2)19-11-9-17(10-12-19)16-22-23-21(26)18-7-6-8-20(15-18)29(27,28)25-13-4-3-5-14-25/h6-12,15-16H,3-5,13-14H2,1-2H3,(H,23,26). The summed E-state index contributed by atoms with van der Waals surface area (Å²) in [5.74, 6) is -0.457. The Kier molecular flexibility index (Phi) is 6.66. The van der Waals surface area contributed by atoms with Crippen molar-refractivity contribution in [3.63, 3.8) is 0 Å². The second-order valence-corrected chi connectivity index (χ2v) is 9.12. The fourth-order valence-electron chi connectivity index (χ4n) is 3.14. The van der Waals surface area contributed by atoms with E-state index in [0.29, 0.717) is 13.1 Å². The van der Waals surface area contributed by atoms with E-state index in [1.807, 2.05) is 43.3 Å². The summed E-state index contributed by atoms with van der Waals surface area (Å²) in [5, 5.41) is 3.98. The first-order valence-corrected chi connectivity index (χ1v) is 11.0. The Morgan fingerprint density at radius 1 is 1.07 bits per heavy atom. The van der Waals surface area contributed by atoms with Crippen LogP contribution in [0, 0.1) is 0 Å². The summed E-state index contributed by atoms with van der Waals surface area (Å²) in [6.07, 6.45) is 4.32. The highest BCUT2D eigenvalue weighted by molar-refractivity contribution is 7.89. The Labute approximate surface area is 172 Å². The van der Waals surface area contributed by atoms with E-state index in [-0.39, 0.29) is 10.5 Å². The number of hydrazone groups is 1. The number of sulfonamides is 1. The van der Waals surface area contributed by atoms with Crippen LogP contribution in [0.15, 0.2) is 58.5 Å². The van der Waals surface area contributed by atoms with E-state index in [9.17, 15) is 13.2 Å². The number of piperidine rings is 1. The minimum Gasteiger partial charge on any atom is -0.378 e. The van der Waals surface area contributed by atoms with E-state index in [0.717, 1.165) is 30.5 Å². The number of nitrogens with one attached hydrogen (secondary N) is 1. The van der Waals surface area contributed by atoms with Gasteiger partial charge in [0.2, 0.25) is 10.0 Å². The van der Waals surface area contributed by atoms with Crippen molar-refractivity contribution in [2.24, 2.45) is 5.10 Å². The molecule has 1 heterocycles. The van der Waals surface area contributed by atoms with Crippen LogP contribution >= 0.6 is 0 Å².